The minimum Gasteiger partial charge on any atom is -0.870 e. The summed E-state index contributed by atoms with van der Waals surface area (Å²) in [6.45, 7) is -1.25. The van der Waals surface area contributed by atoms with E-state index in [2.05, 4.69) is 25.7 Å². The average Bonchev–Trinajstić information content (AvgIpc) is 3.67. The van der Waals surface area contributed by atoms with Crippen molar-refractivity contribution in [1.82, 2.24) is 4.31 Å². The van der Waals surface area contributed by atoms with Crippen LogP contribution in [0.1, 0.15) is 35.6 Å². The monoisotopic (exact) mass is 786 g/mol. The third kappa shape index (κ3) is 8.41. The number of nitrogens with zero attached hydrogens (tertiary/aromatic N) is 1. The summed E-state index contributed by atoms with van der Waals surface area (Å²) in [6.07, 6.45) is 3.71. The molecule has 0 bridgehead atoms. The Balaban J connectivity index is 0.00000480. The third-order valence-electron chi connectivity index (χ3n) is 7.22. The van der Waals surface area contributed by atoms with E-state index in [0.29, 0.717) is 27.1 Å². The molecule has 2 atom stereocenters. The molecule has 2 heterocycles. The maximum atomic E-state index is 14.9. The smallest absolute Gasteiger partial charge is 0.387 e. The first-order valence-electron chi connectivity index (χ1n) is 13.7. The van der Waals surface area contributed by atoms with E-state index in [-0.39, 0.29) is 52.3 Å². The summed E-state index contributed by atoms with van der Waals surface area (Å²) in [5, 5.41) is -0.846. The molecular formula is C29H28BrCl2F3N2O7S2. The molecule has 46 heavy (non-hydrogen) atoms. The Morgan fingerprint density at radius 1 is 1.15 bits per heavy atom. The van der Waals surface area contributed by atoms with Crippen LogP contribution in [0.2, 0.25) is 10.0 Å². The molecule has 1 saturated heterocycles. The highest BCUT2D eigenvalue weighted by atomic mass is 79.9. The number of nitrogens with one attached hydrogen (secondary N) is 1. The fourth-order valence-electron chi connectivity index (χ4n) is 4.65. The van der Waals surface area contributed by atoms with Crippen molar-refractivity contribution >= 4 is 66.9 Å². The van der Waals surface area contributed by atoms with Crippen LogP contribution in [0.3, 0.4) is 0 Å². The van der Waals surface area contributed by atoms with Crippen LogP contribution in [-0.4, -0.2) is 55.1 Å². The van der Waals surface area contributed by atoms with Gasteiger partial charge in [0.1, 0.15) is 26.9 Å². The molecule has 3 aromatic rings. The normalized spacial score (nSPS) is 17.4. The molecule has 0 spiro atoms. The van der Waals surface area contributed by atoms with Crippen LogP contribution in [0, 0.1) is 18.7 Å². The van der Waals surface area contributed by atoms with Gasteiger partial charge in [0, 0.05) is 28.8 Å². The number of sulfonamides is 1. The number of carbonyl (C=O) groups excluding carboxylic acids is 1. The number of aromatic amines is 1. The number of aromatic nitrogens is 1. The highest BCUT2D eigenvalue weighted by Crippen LogP contribution is 2.39. The molecule has 2 aromatic carbocycles. The number of rotatable bonds is 12. The summed E-state index contributed by atoms with van der Waals surface area (Å²) >= 11 is 17.0. The number of ether oxygens (including phenoxy) is 3. The number of hydrogen-bond donors (Lipinski definition) is 0. The molecule has 0 radical (unpaired) electrons. The van der Waals surface area contributed by atoms with Crippen LogP contribution in [0.5, 0.6) is 11.5 Å². The standard InChI is InChI=1S/C29H26BrCl2F3N2O6S2.H2O/c1-15-8-26(22(33)11-19(15)30)45(39,40)37-6-7-44-27(37)28(38)42-24(10-18-20(31)12-36-13-21(18)32)17-4-5-23(43-29(34)35)25(9-17)41-14-16-2-3-16;/h4-5,8-9,11-13,16,24,27,29H,2-3,6-7,10,14H2,1H3;1H2/t24-,27-;/m0./s1. The molecule has 1 aliphatic heterocycles. The molecule has 1 aromatic heterocycles. The van der Waals surface area contributed by atoms with E-state index in [1.165, 1.54) is 36.7 Å². The number of alkyl halides is 2. The van der Waals surface area contributed by atoms with E-state index in [0.717, 1.165) is 35.0 Å². The Morgan fingerprint density at radius 2 is 1.85 bits per heavy atom. The van der Waals surface area contributed by atoms with Crippen LogP contribution in [0.15, 0.2) is 52.1 Å². The van der Waals surface area contributed by atoms with Gasteiger partial charge in [-0.05, 0) is 61.1 Å². The van der Waals surface area contributed by atoms with Crippen molar-refractivity contribution < 1.29 is 51.1 Å². The summed E-state index contributed by atoms with van der Waals surface area (Å²) in [6, 6.07) is 6.42. The number of pyridine rings is 1. The van der Waals surface area contributed by atoms with Gasteiger partial charge in [-0.25, -0.2) is 22.6 Å². The lowest BCUT2D eigenvalue weighted by Gasteiger charge is -2.26. The maximum Gasteiger partial charge on any atom is 0.387 e. The minimum atomic E-state index is -4.45. The topological polar surface area (TPSA) is 126 Å². The van der Waals surface area contributed by atoms with Gasteiger partial charge in [0.15, 0.2) is 29.3 Å². The van der Waals surface area contributed by atoms with Crippen molar-refractivity contribution in [3.63, 3.8) is 0 Å². The predicted molar refractivity (Wildman–Crippen MR) is 168 cm³/mol. The summed E-state index contributed by atoms with van der Waals surface area (Å²) in [5.41, 5.74) is 1.25. The zero-order valence-corrected chi connectivity index (χ0v) is 28.8. The lowest BCUT2D eigenvalue weighted by atomic mass is 10.0. The summed E-state index contributed by atoms with van der Waals surface area (Å²) in [7, 11) is -4.45. The first-order valence-corrected chi connectivity index (χ1v) is 17.7. The van der Waals surface area contributed by atoms with Gasteiger partial charge in [0.2, 0.25) is 10.0 Å². The van der Waals surface area contributed by atoms with Crippen molar-refractivity contribution in [1.29, 1.82) is 0 Å². The first kappa shape index (κ1) is 36.6. The molecule has 2 fully saturated rings. The van der Waals surface area contributed by atoms with Crippen molar-refractivity contribution in [3.05, 3.63) is 79.8 Å². The molecule has 1 saturated carbocycles. The largest absolute Gasteiger partial charge is 0.870 e. The van der Waals surface area contributed by atoms with Crippen LogP contribution in [-0.2, 0) is 26.0 Å². The second-order valence-corrected chi connectivity index (χ2v) is 15.2. The van der Waals surface area contributed by atoms with Crippen LogP contribution < -0.4 is 14.5 Å². The molecule has 9 nitrogen and oxygen atoms in total. The minimum absolute atomic E-state index is 0. The SMILES string of the molecule is Cc1cc(S(=O)(=O)N2CCS[C@H]2C(=O)O[C@@H](Cc2c(Cl)c[nH+]cc2Cl)c2ccc(OC(F)F)c(OCC3CC3)c2)c(F)cc1Br.[OH-]. The summed E-state index contributed by atoms with van der Waals surface area (Å²) in [5.74, 6) is -1.49. The summed E-state index contributed by atoms with van der Waals surface area (Å²) < 4.78 is 86.1. The highest BCUT2D eigenvalue weighted by Gasteiger charge is 2.43. The molecule has 2 aliphatic rings. The molecule has 5 rings (SSSR count). The van der Waals surface area contributed by atoms with E-state index in [1.807, 2.05) is 0 Å². The molecule has 2 N–H and O–H groups in total. The van der Waals surface area contributed by atoms with Gasteiger partial charge in [-0.3, -0.25) is 0 Å². The Hall–Kier alpha value is -2.27. The van der Waals surface area contributed by atoms with Gasteiger partial charge in [-0.1, -0.05) is 45.2 Å². The van der Waals surface area contributed by atoms with Crippen molar-refractivity contribution in [2.45, 2.75) is 49.2 Å². The Morgan fingerprint density at radius 3 is 2.50 bits per heavy atom. The Labute approximate surface area is 286 Å². The maximum absolute atomic E-state index is 14.9. The van der Waals surface area contributed by atoms with E-state index in [9.17, 15) is 26.4 Å². The molecule has 0 unspecified atom stereocenters. The zero-order chi connectivity index (χ0) is 32.5. The van der Waals surface area contributed by atoms with E-state index >= 15 is 0 Å². The number of thioether (sulfide) groups is 1. The third-order valence-corrected chi connectivity index (χ3v) is 11.9. The van der Waals surface area contributed by atoms with Crippen LogP contribution >= 0.6 is 50.9 Å². The molecule has 0 amide bonds. The summed E-state index contributed by atoms with van der Waals surface area (Å²) in [4.78, 5) is 16.0. The lowest BCUT2D eigenvalue weighted by Crippen LogP contribution is -2.41. The van der Waals surface area contributed by atoms with E-state index in [4.69, 9.17) is 32.7 Å². The van der Waals surface area contributed by atoms with Gasteiger partial charge in [0.25, 0.3) is 0 Å². The van der Waals surface area contributed by atoms with Gasteiger partial charge in [-0.2, -0.15) is 13.1 Å². The molecular weight excluding hydrogens is 760 g/mol. The van der Waals surface area contributed by atoms with E-state index in [1.54, 1.807) is 6.92 Å². The van der Waals surface area contributed by atoms with Crippen LogP contribution in [0.4, 0.5) is 13.2 Å². The van der Waals surface area contributed by atoms with Gasteiger partial charge in [-0.15, -0.1) is 11.8 Å². The average molecular weight is 788 g/mol. The lowest BCUT2D eigenvalue weighted by molar-refractivity contribution is -0.377. The number of hydrogen-bond acceptors (Lipinski definition) is 8. The van der Waals surface area contributed by atoms with Crippen molar-refractivity contribution in [2.24, 2.45) is 5.92 Å². The fourth-order valence-corrected chi connectivity index (χ4v) is 8.68. The molecule has 17 heteroatoms. The van der Waals surface area contributed by atoms with Gasteiger partial charge in [0.05, 0.1) is 6.61 Å². The first-order chi connectivity index (χ1) is 21.3. The van der Waals surface area contributed by atoms with Crippen molar-refractivity contribution in [3.8, 4) is 11.5 Å². The number of H-pyrrole nitrogens is 1. The molecule has 1 aliphatic carbocycles. The number of benzene rings is 2. The quantitative estimate of drug-likeness (QED) is 0.183. The predicted octanol–water partition coefficient (Wildman–Crippen LogP) is 6.82. The van der Waals surface area contributed by atoms with Gasteiger partial charge < -0.3 is 19.7 Å². The Bertz CT molecular complexity index is 1680. The zero-order valence-electron chi connectivity index (χ0n) is 24.0. The second kappa shape index (κ2) is 15.3. The number of carbonyl (C=O) groups is 1. The number of halogens is 6. The number of aryl methyl sites for hydroxylation is 1. The van der Waals surface area contributed by atoms with Crippen molar-refractivity contribution in [2.75, 3.05) is 18.9 Å². The second-order valence-electron chi connectivity index (χ2n) is 10.5. The number of esters is 1. The van der Waals surface area contributed by atoms with E-state index < -0.39 is 44.8 Å². The molecule has 250 valence electrons. The van der Waals surface area contributed by atoms with Gasteiger partial charge >= 0.3 is 12.6 Å². The fraction of sp³-hybridized carbons (Fsp3) is 0.379. The highest BCUT2D eigenvalue weighted by molar-refractivity contribution is 9.10. The Kier molecular flexibility index (Phi) is 12.2. The van der Waals surface area contributed by atoms with Crippen LogP contribution in [0.25, 0.3) is 0 Å².